The Balaban J connectivity index is 1.73. The summed E-state index contributed by atoms with van der Waals surface area (Å²) in [6.45, 7) is 1.89. The largest absolute Gasteiger partial charge is 0.455 e. The van der Waals surface area contributed by atoms with E-state index in [1.54, 1.807) is 0 Å². The van der Waals surface area contributed by atoms with Gasteiger partial charge in [-0.1, -0.05) is 55.8 Å². The van der Waals surface area contributed by atoms with Crippen molar-refractivity contribution in [1.82, 2.24) is 0 Å². The zero-order valence-corrected chi connectivity index (χ0v) is 14.0. The number of ether oxygens (including phenoxy) is 1. The molecule has 0 saturated heterocycles. The summed E-state index contributed by atoms with van der Waals surface area (Å²) >= 11 is 0. The van der Waals surface area contributed by atoms with Crippen molar-refractivity contribution in [3.8, 4) is 0 Å². The third-order valence-corrected chi connectivity index (χ3v) is 3.61. The third kappa shape index (κ3) is 6.24. The molecule has 1 N–H and O–H groups in total. The van der Waals surface area contributed by atoms with Crippen molar-refractivity contribution in [3.63, 3.8) is 0 Å². The van der Waals surface area contributed by atoms with Crippen LogP contribution in [0, 0.1) is 0 Å². The highest BCUT2D eigenvalue weighted by molar-refractivity contribution is 5.92. The SMILES string of the molecule is CCCCc1ccc(NC(=O)COC(=O)Cc2ccccc2)cc1. The lowest BCUT2D eigenvalue weighted by molar-refractivity contribution is -0.146. The Morgan fingerprint density at radius 3 is 2.33 bits per heavy atom. The molecule has 4 nitrogen and oxygen atoms in total. The van der Waals surface area contributed by atoms with Crippen molar-refractivity contribution in [1.29, 1.82) is 0 Å². The maximum atomic E-state index is 11.8. The van der Waals surface area contributed by atoms with E-state index in [9.17, 15) is 9.59 Å². The van der Waals surface area contributed by atoms with Gasteiger partial charge < -0.3 is 10.1 Å². The number of amides is 1. The predicted molar refractivity (Wildman–Crippen MR) is 94.8 cm³/mol. The highest BCUT2D eigenvalue weighted by Crippen LogP contribution is 2.11. The summed E-state index contributed by atoms with van der Waals surface area (Å²) < 4.78 is 5.01. The number of esters is 1. The average molecular weight is 325 g/mol. The van der Waals surface area contributed by atoms with Gasteiger partial charge in [0.15, 0.2) is 6.61 Å². The zero-order valence-electron chi connectivity index (χ0n) is 14.0. The first-order valence-corrected chi connectivity index (χ1v) is 8.25. The van der Waals surface area contributed by atoms with Gasteiger partial charge in [0.2, 0.25) is 0 Å². The minimum absolute atomic E-state index is 0.167. The van der Waals surface area contributed by atoms with Crippen LogP contribution in [0.3, 0.4) is 0 Å². The quantitative estimate of drug-likeness (QED) is 0.752. The summed E-state index contributed by atoms with van der Waals surface area (Å²) in [5, 5.41) is 2.73. The van der Waals surface area contributed by atoms with Crippen LogP contribution >= 0.6 is 0 Å². The third-order valence-electron chi connectivity index (χ3n) is 3.61. The van der Waals surface area contributed by atoms with Gasteiger partial charge in [0.05, 0.1) is 6.42 Å². The van der Waals surface area contributed by atoms with Gasteiger partial charge in [-0.15, -0.1) is 0 Å². The molecule has 0 spiro atoms. The Morgan fingerprint density at radius 2 is 1.67 bits per heavy atom. The molecule has 4 heteroatoms. The van der Waals surface area contributed by atoms with Gasteiger partial charge in [0.25, 0.3) is 5.91 Å². The number of nitrogens with one attached hydrogen (secondary N) is 1. The Kier molecular flexibility index (Phi) is 7.02. The van der Waals surface area contributed by atoms with E-state index < -0.39 is 5.97 Å². The maximum absolute atomic E-state index is 11.8. The summed E-state index contributed by atoms with van der Waals surface area (Å²) in [5.41, 5.74) is 2.83. The Hall–Kier alpha value is -2.62. The molecule has 24 heavy (non-hydrogen) atoms. The molecule has 2 aromatic carbocycles. The molecule has 2 aromatic rings. The van der Waals surface area contributed by atoms with Crippen molar-refractivity contribution >= 4 is 17.6 Å². The first kappa shape index (κ1) is 17.7. The summed E-state index contributed by atoms with van der Waals surface area (Å²) in [5.74, 6) is -0.746. The van der Waals surface area contributed by atoms with Gasteiger partial charge in [-0.25, -0.2) is 0 Å². The fraction of sp³-hybridized carbons (Fsp3) is 0.300. The molecule has 126 valence electrons. The molecule has 1 amide bonds. The van der Waals surface area contributed by atoms with Crippen molar-refractivity contribution in [2.24, 2.45) is 0 Å². The van der Waals surface area contributed by atoms with Crippen LogP contribution in [0.4, 0.5) is 5.69 Å². The summed E-state index contributed by atoms with van der Waals surface area (Å²) in [6.07, 6.45) is 3.53. The van der Waals surface area contributed by atoms with Crippen LogP contribution in [0.15, 0.2) is 54.6 Å². The van der Waals surface area contributed by atoms with Crippen molar-refractivity contribution < 1.29 is 14.3 Å². The number of aryl methyl sites for hydroxylation is 1. The van der Waals surface area contributed by atoms with Crippen LogP contribution in [0.25, 0.3) is 0 Å². The highest BCUT2D eigenvalue weighted by Gasteiger charge is 2.08. The van der Waals surface area contributed by atoms with E-state index in [0.717, 1.165) is 24.8 Å². The van der Waals surface area contributed by atoms with E-state index in [0.29, 0.717) is 5.69 Å². The first-order chi connectivity index (χ1) is 11.7. The second kappa shape index (κ2) is 9.50. The number of hydrogen-bond acceptors (Lipinski definition) is 3. The molecular weight excluding hydrogens is 302 g/mol. The summed E-state index contributed by atoms with van der Waals surface area (Å²) in [4.78, 5) is 23.6. The van der Waals surface area contributed by atoms with E-state index in [-0.39, 0.29) is 18.9 Å². The monoisotopic (exact) mass is 325 g/mol. The average Bonchev–Trinajstić information content (AvgIpc) is 2.60. The van der Waals surface area contributed by atoms with Crippen LogP contribution in [-0.2, 0) is 27.2 Å². The summed E-state index contributed by atoms with van der Waals surface area (Å²) in [7, 11) is 0. The van der Waals surface area contributed by atoms with E-state index in [4.69, 9.17) is 4.74 Å². The van der Waals surface area contributed by atoms with Gasteiger partial charge in [0.1, 0.15) is 0 Å². The topological polar surface area (TPSA) is 55.4 Å². The number of anilines is 1. The molecule has 0 atom stereocenters. The minimum Gasteiger partial charge on any atom is -0.455 e. The van der Waals surface area contributed by atoms with Gasteiger partial charge in [-0.3, -0.25) is 9.59 Å². The maximum Gasteiger partial charge on any atom is 0.310 e. The standard InChI is InChI=1S/C20H23NO3/c1-2-3-7-16-10-12-18(13-11-16)21-19(22)15-24-20(23)14-17-8-5-4-6-9-17/h4-6,8-13H,2-3,7,14-15H2,1H3,(H,21,22). The lowest BCUT2D eigenvalue weighted by atomic mass is 10.1. The Labute approximate surface area is 142 Å². The van der Waals surface area contributed by atoms with E-state index in [1.165, 1.54) is 5.56 Å². The fourth-order valence-corrected chi connectivity index (χ4v) is 2.29. The second-order valence-corrected chi connectivity index (χ2v) is 5.67. The Morgan fingerprint density at radius 1 is 0.958 bits per heavy atom. The number of hydrogen-bond donors (Lipinski definition) is 1. The van der Waals surface area contributed by atoms with Crippen molar-refractivity contribution in [2.75, 3.05) is 11.9 Å². The van der Waals surface area contributed by atoms with Crippen LogP contribution in [0.5, 0.6) is 0 Å². The van der Waals surface area contributed by atoms with E-state index in [2.05, 4.69) is 12.2 Å². The van der Waals surface area contributed by atoms with Crippen LogP contribution < -0.4 is 5.32 Å². The molecule has 0 saturated carbocycles. The molecule has 0 aliphatic heterocycles. The normalized spacial score (nSPS) is 10.2. The molecule has 0 aliphatic carbocycles. The molecule has 0 aromatic heterocycles. The molecule has 0 fully saturated rings. The first-order valence-electron chi connectivity index (χ1n) is 8.25. The van der Waals surface area contributed by atoms with Crippen molar-refractivity contribution in [3.05, 3.63) is 65.7 Å². The lowest BCUT2D eigenvalue weighted by Crippen LogP contribution is -2.21. The van der Waals surface area contributed by atoms with Gasteiger partial charge in [-0.2, -0.15) is 0 Å². The minimum atomic E-state index is -0.411. The number of unbranched alkanes of at least 4 members (excludes halogenated alkanes) is 1. The molecule has 0 bridgehead atoms. The lowest BCUT2D eigenvalue weighted by Gasteiger charge is -2.08. The van der Waals surface area contributed by atoms with Crippen LogP contribution in [-0.4, -0.2) is 18.5 Å². The van der Waals surface area contributed by atoms with Gasteiger partial charge >= 0.3 is 5.97 Å². The molecule has 0 unspecified atom stereocenters. The smallest absolute Gasteiger partial charge is 0.310 e. The molecule has 0 heterocycles. The van der Waals surface area contributed by atoms with Crippen LogP contribution in [0.2, 0.25) is 0 Å². The molecule has 0 radical (unpaired) electrons. The van der Waals surface area contributed by atoms with E-state index >= 15 is 0 Å². The summed E-state index contributed by atoms with van der Waals surface area (Å²) in [6, 6.07) is 17.1. The number of rotatable bonds is 8. The van der Waals surface area contributed by atoms with Gasteiger partial charge in [0, 0.05) is 5.69 Å². The Bertz CT molecular complexity index is 650. The van der Waals surface area contributed by atoms with Gasteiger partial charge in [-0.05, 0) is 36.1 Å². The molecule has 2 rings (SSSR count). The number of carbonyl (C=O) groups is 2. The van der Waals surface area contributed by atoms with E-state index in [1.807, 2.05) is 54.6 Å². The number of carbonyl (C=O) groups excluding carboxylic acids is 2. The predicted octanol–water partition coefficient (Wildman–Crippen LogP) is 3.75. The second-order valence-electron chi connectivity index (χ2n) is 5.67. The fourth-order valence-electron chi connectivity index (χ4n) is 2.29. The molecular formula is C20H23NO3. The zero-order chi connectivity index (χ0) is 17.2. The highest BCUT2D eigenvalue weighted by atomic mass is 16.5. The van der Waals surface area contributed by atoms with Crippen LogP contribution in [0.1, 0.15) is 30.9 Å². The molecule has 0 aliphatic rings. The number of benzene rings is 2. The van der Waals surface area contributed by atoms with Crippen molar-refractivity contribution in [2.45, 2.75) is 32.6 Å².